The van der Waals surface area contributed by atoms with Gasteiger partial charge in [0.05, 0.1) is 43.4 Å². The number of rotatable bonds is 6. The Kier molecular flexibility index (Phi) is 6.40. The number of pyridine rings is 1. The van der Waals surface area contributed by atoms with Crippen molar-refractivity contribution in [1.29, 1.82) is 0 Å². The summed E-state index contributed by atoms with van der Waals surface area (Å²) in [6, 6.07) is 17.2. The molecule has 0 N–H and O–H groups in total. The van der Waals surface area contributed by atoms with Crippen LogP contribution in [0.15, 0.2) is 71.0 Å². The molecule has 0 radical (unpaired) electrons. The Bertz CT molecular complexity index is 1700. The second-order valence-electron chi connectivity index (χ2n) is 7.65. The second-order valence-corrected chi connectivity index (χ2v) is 9.61. The fourth-order valence-electron chi connectivity index (χ4n) is 3.80. The number of hydrogen-bond donors (Lipinski definition) is 0. The van der Waals surface area contributed by atoms with Crippen LogP contribution < -0.4 is 4.80 Å². The van der Waals surface area contributed by atoms with Gasteiger partial charge in [0.15, 0.2) is 4.80 Å². The first-order valence-electron chi connectivity index (χ1n) is 10.9. The molecule has 0 spiro atoms. The van der Waals surface area contributed by atoms with Crippen molar-refractivity contribution in [2.75, 3.05) is 6.61 Å². The van der Waals surface area contributed by atoms with Crippen LogP contribution in [0, 0.1) is 10.1 Å². The number of non-ortho nitro benzene ring substituents is 1. The number of carbonyl (C=O) groups is 2. The molecule has 0 saturated carbocycles. The Morgan fingerprint density at radius 3 is 2.72 bits per heavy atom. The molecule has 9 nitrogen and oxygen atoms in total. The molecule has 3 heterocycles. The Balaban J connectivity index is 1.69. The molecule has 0 atom stereocenters. The number of hydrogen-bond acceptors (Lipinski definition) is 8. The lowest BCUT2D eigenvalue weighted by Crippen LogP contribution is -2.23. The highest BCUT2D eigenvalue weighted by Gasteiger charge is 2.18. The Morgan fingerprint density at radius 2 is 1.97 bits per heavy atom. The molecule has 0 saturated heterocycles. The van der Waals surface area contributed by atoms with Gasteiger partial charge in [0, 0.05) is 17.5 Å². The van der Waals surface area contributed by atoms with Gasteiger partial charge >= 0.3 is 5.97 Å². The van der Waals surface area contributed by atoms with Gasteiger partial charge in [-0.3, -0.25) is 19.7 Å². The predicted molar refractivity (Wildman–Crippen MR) is 138 cm³/mol. The number of ether oxygens (including phenoxy) is 1. The van der Waals surface area contributed by atoms with Crippen molar-refractivity contribution in [3.05, 3.63) is 86.5 Å². The molecule has 36 heavy (non-hydrogen) atoms. The van der Waals surface area contributed by atoms with Gasteiger partial charge in [0.1, 0.15) is 6.54 Å². The maximum absolute atomic E-state index is 13.5. The van der Waals surface area contributed by atoms with E-state index in [4.69, 9.17) is 9.72 Å². The Morgan fingerprint density at radius 1 is 1.14 bits per heavy atom. The van der Waals surface area contributed by atoms with Gasteiger partial charge in [-0.05, 0) is 36.6 Å². The third kappa shape index (κ3) is 4.53. The lowest BCUT2D eigenvalue weighted by molar-refractivity contribution is -0.384. The first-order chi connectivity index (χ1) is 17.4. The number of amides is 1. The molecule has 1 amide bonds. The molecular formula is C25H18N4O5S2. The summed E-state index contributed by atoms with van der Waals surface area (Å²) in [6.07, 6.45) is 0. The van der Waals surface area contributed by atoms with E-state index in [0.29, 0.717) is 32.4 Å². The maximum Gasteiger partial charge on any atom is 0.326 e. The average Bonchev–Trinajstić information content (AvgIpc) is 3.52. The third-order valence-corrected chi connectivity index (χ3v) is 7.32. The second kappa shape index (κ2) is 9.80. The van der Waals surface area contributed by atoms with Crippen molar-refractivity contribution in [1.82, 2.24) is 9.55 Å². The summed E-state index contributed by atoms with van der Waals surface area (Å²) >= 11 is 2.61. The number of thiazole rings is 1. The minimum absolute atomic E-state index is 0.0920. The summed E-state index contributed by atoms with van der Waals surface area (Å²) in [7, 11) is 0. The van der Waals surface area contributed by atoms with Crippen LogP contribution in [0.25, 0.3) is 31.7 Å². The number of carbonyl (C=O) groups excluding carboxylic acids is 2. The number of nitrogens with zero attached hydrogens (tertiary/aromatic N) is 4. The van der Waals surface area contributed by atoms with Gasteiger partial charge in [0.2, 0.25) is 0 Å². The Labute approximate surface area is 212 Å². The summed E-state index contributed by atoms with van der Waals surface area (Å²) in [5.41, 5.74) is 2.15. The molecule has 0 aliphatic carbocycles. The molecule has 5 aromatic rings. The van der Waals surface area contributed by atoms with Crippen molar-refractivity contribution < 1.29 is 19.2 Å². The number of para-hydroxylation sites is 1. The fourth-order valence-corrected chi connectivity index (χ4v) is 5.55. The standard InChI is InChI=1S/C25H18N4O5S2/c1-2-34-23(30)14-28-20-10-9-15(29(32)33)12-22(20)36-25(28)27-24(31)17-13-19(21-8-5-11-35-21)26-18-7-4-3-6-16(17)18/h3-13H,2,14H2,1H3. The van der Waals surface area contributed by atoms with E-state index in [9.17, 15) is 19.7 Å². The van der Waals surface area contributed by atoms with Crippen molar-refractivity contribution in [2.24, 2.45) is 4.99 Å². The molecule has 0 unspecified atom stereocenters. The minimum atomic E-state index is -0.509. The molecule has 0 aliphatic heterocycles. The first-order valence-corrected chi connectivity index (χ1v) is 12.6. The van der Waals surface area contributed by atoms with Crippen LogP contribution in [0.4, 0.5) is 5.69 Å². The highest BCUT2D eigenvalue weighted by atomic mass is 32.1. The van der Waals surface area contributed by atoms with Gasteiger partial charge in [-0.25, -0.2) is 4.98 Å². The van der Waals surface area contributed by atoms with E-state index >= 15 is 0 Å². The van der Waals surface area contributed by atoms with Gasteiger partial charge in [-0.1, -0.05) is 35.6 Å². The van der Waals surface area contributed by atoms with Gasteiger partial charge in [-0.2, -0.15) is 4.99 Å². The van der Waals surface area contributed by atoms with E-state index in [0.717, 1.165) is 16.2 Å². The molecule has 3 aromatic heterocycles. The summed E-state index contributed by atoms with van der Waals surface area (Å²) < 4.78 is 7.16. The van der Waals surface area contributed by atoms with E-state index in [2.05, 4.69) is 4.99 Å². The minimum Gasteiger partial charge on any atom is -0.465 e. The molecule has 0 aliphatic rings. The van der Waals surface area contributed by atoms with Crippen LogP contribution in [0.1, 0.15) is 17.3 Å². The Hall–Kier alpha value is -4.22. The maximum atomic E-state index is 13.5. The van der Waals surface area contributed by atoms with Crippen molar-refractivity contribution >= 4 is 61.4 Å². The van der Waals surface area contributed by atoms with Gasteiger partial charge < -0.3 is 9.30 Å². The van der Waals surface area contributed by atoms with Crippen LogP contribution in [0.5, 0.6) is 0 Å². The average molecular weight is 519 g/mol. The normalized spacial score (nSPS) is 11.8. The molecule has 2 aromatic carbocycles. The highest BCUT2D eigenvalue weighted by Crippen LogP contribution is 2.28. The number of nitro benzene ring substituents is 1. The van der Waals surface area contributed by atoms with E-state index in [-0.39, 0.29) is 23.6 Å². The van der Waals surface area contributed by atoms with Gasteiger partial charge in [0.25, 0.3) is 11.6 Å². The van der Waals surface area contributed by atoms with Crippen LogP contribution >= 0.6 is 22.7 Å². The van der Waals surface area contributed by atoms with Crippen LogP contribution in [-0.2, 0) is 16.1 Å². The first kappa shape index (κ1) is 23.5. The predicted octanol–water partition coefficient (Wildman–Crippen LogP) is 5.19. The molecule has 180 valence electrons. The zero-order valence-electron chi connectivity index (χ0n) is 18.9. The third-order valence-electron chi connectivity index (χ3n) is 5.39. The van der Waals surface area contributed by atoms with Crippen LogP contribution in [0.3, 0.4) is 0 Å². The van der Waals surface area contributed by atoms with E-state index in [1.807, 2.05) is 41.8 Å². The SMILES string of the molecule is CCOC(=O)Cn1c(=NC(=O)c2cc(-c3cccs3)nc3ccccc23)sc2cc([N+](=O)[O-])ccc21. The quantitative estimate of drug-likeness (QED) is 0.173. The molecule has 5 rings (SSSR count). The molecule has 0 fully saturated rings. The monoisotopic (exact) mass is 518 g/mol. The summed E-state index contributed by atoms with van der Waals surface area (Å²) in [5, 5.41) is 13.9. The van der Waals surface area contributed by atoms with Crippen LogP contribution in [0.2, 0.25) is 0 Å². The number of thiophene rings is 1. The molecule has 0 bridgehead atoms. The van der Waals surface area contributed by atoms with Crippen LogP contribution in [-0.4, -0.2) is 33.0 Å². The van der Waals surface area contributed by atoms with E-state index in [1.54, 1.807) is 23.6 Å². The van der Waals surface area contributed by atoms with Gasteiger partial charge in [-0.15, -0.1) is 11.3 Å². The summed E-state index contributed by atoms with van der Waals surface area (Å²) in [4.78, 5) is 46.8. The summed E-state index contributed by atoms with van der Waals surface area (Å²) in [6.45, 7) is 1.72. The number of benzene rings is 2. The number of fused-ring (bicyclic) bond motifs is 2. The summed E-state index contributed by atoms with van der Waals surface area (Å²) in [5.74, 6) is -1.01. The van der Waals surface area contributed by atoms with Crippen molar-refractivity contribution in [2.45, 2.75) is 13.5 Å². The lowest BCUT2D eigenvalue weighted by Gasteiger charge is -2.07. The number of esters is 1. The van der Waals surface area contributed by atoms with Crippen molar-refractivity contribution in [3.8, 4) is 10.6 Å². The number of aromatic nitrogens is 2. The fraction of sp³-hybridized carbons (Fsp3) is 0.120. The lowest BCUT2D eigenvalue weighted by atomic mass is 10.1. The topological polar surface area (TPSA) is 117 Å². The smallest absolute Gasteiger partial charge is 0.326 e. The zero-order chi connectivity index (χ0) is 25.2. The highest BCUT2D eigenvalue weighted by molar-refractivity contribution is 7.16. The zero-order valence-corrected chi connectivity index (χ0v) is 20.5. The van der Waals surface area contributed by atoms with E-state index in [1.165, 1.54) is 23.5 Å². The van der Waals surface area contributed by atoms with E-state index < -0.39 is 16.8 Å². The molecular weight excluding hydrogens is 500 g/mol. The number of nitro groups is 1. The largest absolute Gasteiger partial charge is 0.465 e. The molecule has 11 heteroatoms. The van der Waals surface area contributed by atoms with Crippen molar-refractivity contribution in [3.63, 3.8) is 0 Å².